The molecule has 0 spiro atoms. The highest BCUT2D eigenvalue weighted by Gasteiger charge is 2.20. The molecule has 1 rings (SSSR count). The third kappa shape index (κ3) is 2.30. The van der Waals surface area contributed by atoms with Gasteiger partial charge in [0.05, 0.1) is 17.4 Å². The van der Waals surface area contributed by atoms with Crippen molar-refractivity contribution >= 4 is 33.1 Å². The largest absolute Gasteiger partial charge is 0.490 e. The summed E-state index contributed by atoms with van der Waals surface area (Å²) in [5, 5.41) is 10.8. The molecule has 7 heteroatoms. The zero-order chi connectivity index (χ0) is 12.3. The molecule has 0 fully saturated rings. The highest BCUT2D eigenvalue weighted by molar-refractivity contribution is 9.09. The summed E-state index contributed by atoms with van der Waals surface area (Å²) in [7, 11) is 1.29. The fraction of sp³-hybridized carbons (Fsp3) is 0.222. The standard InChI is InChI=1S/C9H9BrN2O4/c1-16-9-2-5(8(13)4-10)6(11)3-7(9)12(14)15/h2-3H,4,11H2,1H3. The molecule has 2 N–H and O–H groups in total. The normalized spacial score (nSPS) is 9.88. The molecule has 86 valence electrons. The maximum Gasteiger partial charge on any atom is 0.313 e. The van der Waals surface area contributed by atoms with E-state index in [2.05, 4.69) is 15.9 Å². The van der Waals surface area contributed by atoms with E-state index in [4.69, 9.17) is 10.5 Å². The molecule has 0 saturated heterocycles. The number of nitro benzene ring substituents is 1. The van der Waals surface area contributed by atoms with Crippen LogP contribution in [0, 0.1) is 10.1 Å². The number of Topliss-reactive ketones (excluding diaryl/α,β-unsaturated/α-hetero) is 1. The number of ketones is 1. The number of anilines is 1. The fourth-order valence-electron chi connectivity index (χ4n) is 1.20. The van der Waals surface area contributed by atoms with E-state index in [1.165, 1.54) is 13.2 Å². The molecular formula is C9H9BrN2O4. The van der Waals surface area contributed by atoms with E-state index in [-0.39, 0.29) is 33.8 Å². The van der Waals surface area contributed by atoms with E-state index in [1.807, 2.05) is 0 Å². The number of carbonyl (C=O) groups excluding carboxylic acids is 1. The third-order valence-electron chi connectivity index (χ3n) is 1.97. The van der Waals surface area contributed by atoms with Crippen LogP contribution in [-0.2, 0) is 0 Å². The first-order valence-corrected chi connectivity index (χ1v) is 5.34. The Morgan fingerprint density at radius 3 is 2.69 bits per heavy atom. The average Bonchev–Trinajstić information content (AvgIpc) is 2.27. The fourth-order valence-corrected chi connectivity index (χ4v) is 1.51. The van der Waals surface area contributed by atoms with E-state index in [1.54, 1.807) is 0 Å². The molecule has 0 amide bonds. The number of halogens is 1. The lowest BCUT2D eigenvalue weighted by Gasteiger charge is -2.06. The summed E-state index contributed by atoms with van der Waals surface area (Å²) in [4.78, 5) is 21.5. The lowest BCUT2D eigenvalue weighted by Crippen LogP contribution is -2.06. The Hall–Kier alpha value is -1.63. The van der Waals surface area contributed by atoms with Crippen molar-refractivity contribution in [3.05, 3.63) is 27.8 Å². The lowest BCUT2D eigenvalue weighted by atomic mass is 10.1. The van der Waals surface area contributed by atoms with Gasteiger partial charge < -0.3 is 10.5 Å². The van der Waals surface area contributed by atoms with Gasteiger partial charge in [-0.2, -0.15) is 0 Å². The Morgan fingerprint density at radius 1 is 1.62 bits per heavy atom. The molecule has 1 aromatic carbocycles. The predicted molar refractivity (Wildman–Crippen MR) is 62.2 cm³/mol. The zero-order valence-corrected chi connectivity index (χ0v) is 9.98. The van der Waals surface area contributed by atoms with Gasteiger partial charge >= 0.3 is 5.69 Å². The van der Waals surface area contributed by atoms with Crippen molar-refractivity contribution in [3.63, 3.8) is 0 Å². The minimum Gasteiger partial charge on any atom is -0.490 e. The van der Waals surface area contributed by atoms with Crippen LogP contribution in [0.25, 0.3) is 0 Å². The second-order valence-electron chi connectivity index (χ2n) is 2.93. The quantitative estimate of drug-likeness (QED) is 0.299. The molecule has 0 radical (unpaired) electrons. The number of carbonyl (C=O) groups is 1. The van der Waals surface area contributed by atoms with Crippen molar-refractivity contribution in [2.45, 2.75) is 0 Å². The lowest BCUT2D eigenvalue weighted by molar-refractivity contribution is -0.385. The minimum absolute atomic E-state index is 0.0171. The molecule has 0 heterocycles. The maximum absolute atomic E-state index is 11.4. The monoisotopic (exact) mass is 288 g/mol. The summed E-state index contributed by atoms with van der Waals surface area (Å²) >= 11 is 3.00. The molecule has 0 unspecified atom stereocenters. The van der Waals surface area contributed by atoms with Crippen LogP contribution in [0.4, 0.5) is 11.4 Å². The van der Waals surface area contributed by atoms with E-state index >= 15 is 0 Å². The number of ether oxygens (including phenoxy) is 1. The van der Waals surface area contributed by atoms with Gasteiger partial charge in [-0.3, -0.25) is 14.9 Å². The van der Waals surface area contributed by atoms with Crippen molar-refractivity contribution < 1.29 is 14.5 Å². The second kappa shape index (κ2) is 4.93. The molecule has 0 atom stereocenters. The minimum atomic E-state index is -0.614. The first-order valence-electron chi connectivity index (χ1n) is 4.22. The Bertz CT molecular complexity index is 447. The van der Waals surface area contributed by atoms with Gasteiger partial charge in [-0.05, 0) is 0 Å². The number of nitro groups is 1. The van der Waals surface area contributed by atoms with Crippen LogP contribution < -0.4 is 10.5 Å². The average molecular weight is 289 g/mol. The van der Waals surface area contributed by atoms with Gasteiger partial charge in [0.25, 0.3) is 0 Å². The molecule has 0 saturated carbocycles. The molecular weight excluding hydrogens is 280 g/mol. The summed E-state index contributed by atoms with van der Waals surface area (Å²) in [5.41, 5.74) is 5.57. The highest BCUT2D eigenvalue weighted by atomic mass is 79.9. The Labute approximate surface area is 99.7 Å². The van der Waals surface area contributed by atoms with Crippen LogP contribution >= 0.6 is 15.9 Å². The summed E-state index contributed by atoms with van der Waals surface area (Å²) in [6.45, 7) is 0. The molecule has 1 aromatic rings. The number of nitrogens with zero attached hydrogens (tertiary/aromatic N) is 1. The summed E-state index contributed by atoms with van der Waals surface area (Å²) < 4.78 is 4.83. The van der Waals surface area contributed by atoms with Crippen LogP contribution in [0.3, 0.4) is 0 Å². The molecule has 0 aliphatic heterocycles. The molecule has 6 nitrogen and oxygen atoms in total. The van der Waals surface area contributed by atoms with Crippen molar-refractivity contribution in [3.8, 4) is 5.75 Å². The highest BCUT2D eigenvalue weighted by Crippen LogP contribution is 2.32. The van der Waals surface area contributed by atoms with Gasteiger partial charge in [0.1, 0.15) is 0 Å². The number of benzene rings is 1. The number of nitrogen functional groups attached to an aromatic ring is 1. The van der Waals surface area contributed by atoms with Gasteiger partial charge in [-0.1, -0.05) is 15.9 Å². The summed E-state index contributed by atoms with van der Waals surface area (Å²) in [6.07, 6.45) is 0. The Balaban J connectivity index is 3.37. The number of nitrogens with two attached hydrogens (primary N) is 1. The molecule has 0 bridgehead atoms. The SMILES string of the molecule is COc1cc(C(=O)CBr)c(N)cc1[N+](=O)[O-]. The third-order valence-corrected chi connectivity index (χ3v) is 2.48. The second-order valence-corrected chi connectivity index (χ2v) is 3.49. The molecule has 0 aliphatic rings. The van der Waals surface area contributed by atoms with Crippen LogP contribution in [0.15, 0.2) is 12.1 Å². The van der Waals surface area contributed by atoms with Gasteiger partial charge in [0.2, 0.25) is 0 Å². The van der Waals surface area contributed by atoms with Gasteiger partial charge in [-0.15, -0.1) is 0 Å². The van der Waals surface area contributed by atoms with Crippen molar-refractivity contribution in [2.75, 3.05) is 18.2 Å². The van der Waals surface area contributed by atoms with Crippen LogP contribution in [0.2, 0.25) is 0 Å². The topological polar surface area (TPSA) is 95.5 Å². The Kier molecular flexibility index (Phi) is 3.83. The van der Waals surface area contributed by atoms with E-state index in [0.29, 0.717) is 0 Å². The van der Waals surface area contributed by atoms with Crippen molar-refractivity contribution in [1.82, 2.24) is 0 Å². The molecule has 16 heavy (non-hydrogen) atoms. The number of methoxy groups -OCH3 is 1. The van der Waals surface area contributed by atoms with Gasteiger partial charge in [0.15, 0.2) is 11.5 Å². The van der Waals surface area contributed by atoms with Crippen LogP contribution in [0.5, 0.6) is 5.75 Å². The van der Waals surface area contributed by atoms with E-state index in [0.717, 1.165) is 6.07 Å². The maximum atomic E-state index is 11.4. The molecule has 0 aromatic heterocycles. The van der Waals surface area contributed by atoms with E-state index in [9.17, 15) is 14.9 Å². The molecule has 0 aliphatic carbocycles. The smallest absolute Gasteiger partial charge is 0.313 e. The van der Waals surface area contributed by atoms with Crippen molar-refractivity contribution in [1.29, 1.82) is 0 Å². The Morgan fingerprint density at radius 2 is 2.25 bits per heavy atom. The summed E-state index contributed by atoms with van der Waals surface area (Å²) in [5.74, 6) is -0.241. The number of alkyl halides is 1. The first-order chi connectivity index (χ1) is 7.51. The number of hydrogen-bond acceptors (Lipinski definition) is 5. The predicted octanol–water partition coefficient (Wildman–Crippen LogP) is 1.76. The van der Waals surface area contributed by atoms with Crippen molar-refractivity contribution in [2.24, 2.45) is 0 Å². The van der Waals surface area contributed by atoms with Gasteiger partial charge in [0, 0.05) is 23.4 Å². The van der Waals surface area contributed by atoms with E-state index < -0.39 is 4.92 Å². The number of hydrogen-bond donors (Lipinski definition) is 1. The summed E-state index contributed by atoms with van der Waals surface area (Å²) in [6, 6.07) is 2.39. The van der Waals surface area contributed by atoms with Gasteiger partial charge in [-0.25, -0.2) is 0 Å². The number of rotatable bonds is 4. The van der Waals surface area contributed by atoms with Crippen LogP contribution in [-0.4, -0.2) is 23.1 Å². The van der Waals surface area contributed by atoms with Crippen LogP contribution in [0.1, 0.15) is 10.4 Å². The zero-order valence-electron chi connectivity index (χ0n) is 8.40. The first kappa shape index (κ1) is 12.4.